The molecule has 35 heavy (non-hydrogen) atoms. The first-order valence-electron chi connectivity index (χ1n) is 12.4. The minimum absolute atomic E-state index is 0.0890. The summed E-state index contributed by atoms with van der Waals surface area (Å²) < 4.78 is 0. The van der Waals surface area contributed by atoms with Crippen LogP contribution < -0.4 is 21.3 Å². The molecule has 0 saturated carbocycles. The normalized spacial score (nSPS) is 14.2. The number of hydrogen-bond donors (Lipinski definition) is 0. The highest BCUT2D eigenvalue weighted by atomic mass is 15.1. The van der Waals surface area contributed by atoms with E-state index in [-0.39, 0.29) is 5.41 Å². The molecule has 5 aromatic rings. The van der Waals surface area contributed by atoms with E-state index in [2.05, 4.69) is 140 Å². The Morgan fingerprint density at radius 2 is 1.14 bits per heavy atom. The molecule has 2 heteroatoms. The number of rotatable bonds is 3. The van der Waals surface area contributed by atoms with Crippen LogP contribution in [-0.4, -0.2) is 6.71 Å². The minimum atomic E-state index is -0.0890. The van der Waals surface area contributed by atoms with Crippen LogP contribution in [0, 0.1) is 0 Å². The fourth-order valence-electron chi connectivity index (χ4n) is 6.35. The fraction of sp³-hybridized carbons (Fsp3) is 0.0909. The molecule has 0 aromatic heterocycles. The van der Waals surface area contributed by atoms with Gasteiger partial charge >= 0.3 is 0 Å². The first kappa shape index (κ1) is 20.3. The van der Waals surface area contributed by atoms with Crippen molar-refractivity contribution < 1.29 is 0 Å². The van der Waals surface area contributed by atoms with Crippen molar-refractivity contribution in [2.75, 3.05) is 4.90 Å². The summed E-state index contributed by atoms with van der Waals surface area (Å²) in [6.45, 7) is 5.08. The molecule has 0 radical (unpaired) electrons. The Kier molecular flexibility index (Phi) is 4.35. The van der Waals surface area contributed by atoms with Gasteiger partial charge in [0.15, 0.2) is 0 Å². The van der Waals surface area contributed by atoms with Crippen LogP contribution in [0.5, 0.6) is 0 Å². The van der Waals surface area contributed by atoms with E-state index in [0.717, 1.165) is 0 Å². The third kappa shape index (κ3) is 2.90. The van der Waals surface area contributed by atoms with Crippen molar-refractivity contribution in [1.29, 1.82) is 0 Å². The van der Waals surface area contributed by atoms with Gasteiger partial charge in [0.05, 0.1) is 0 Å². The predicted molar refractivity (Wildman–Crippen MR) is 150 cm³/mol. The molecule has 0 bridgehead atoms. The average Bonchev–Trinajstić information content (AvgIpc) is 3.24. The lowest BCUT2D eigenvalue weighted by Crippen LogP contribution is -2.58. The molecule has 0 atom stereocenters. The summed E-state index contributed by atoms with van der Waals surface area (Å²) >= 11 is 0. The number of nitrogens with zero attached hydrogens (tertiary/aromatic N) is 1. The van der Waals surface area contributed by atoms with E-state index in [0.29, 0.717) is 6.71 Å². The molecule has 0 aliphatic carbocycles. The van der Waals surface area contributed by atoms with Gasteiger partial charge in [-0.25, -0.2) is 0 Å². The van der Waals surface area contributed by atoms with E-state index >= 15 is 0 Å². The number of anilines is 3. The SMILES string of the molecule is CC1(C)c2cc(N(c3ccccc3)c3ccccc3)ccc2B2c3ccccc3-c3cccc1c32. The Bertz CT molecular complexity index is 1530. The Morgan fingerprint density at radius 1 is 0.514 bits per heavy atom. The van der Waals surface area contributed by atoms with E-state index in [9.17, 15) is 0 Å². The topological polar surface area (TPSA) is 3.24 Å². The maximum Gasteiger partial charge on any atom is 0.243 e. The lowest BCUT2D eigenvalue weighted by Gasteiger charge is -2.38. The Balaban J connectivity index is 1.47. The zero-order chi connectivity index (χ0) is 23.6. The monoisotopic (exact) mass is 447 g/mol. The van der Waals surface area contributed by atoms with Crippen molar-refractivity contribution in [3.8, 4) is 11.1 Å². The molecular weight excluding hydrogens is 421 g/mol. The highest BCUT2D eigenvalue weighted by Gasteiger charge is 2.45. The standard InChI is InChI=1S/C33H26BN/c1-33(2)28-18-11-17-27-26-16-9-10-19-30(26)34(32(27)28)31-21-20-25(22-29(31)33)35(23-12-5-3-6-13-23)24-14-7-4-8-15-24/h3-22H,1-2H3. The molecule has 0 saturated heterocycles. The van der Waals surface area contributed by atoms with Crippen molar-refractivity contribution in [3.63, 3.8) is 0 Å². The minimum Gasteiger partial charge on any atom is -0.310 e. The zero-order valence-corrected chi connectivity index (χ0v) is 20.1. The first-order chi connectivity index (χ1) is 17.1. The maximum absolute atomic E-state index is 2.44. The summed E-state index contributed by atoms with van der Waals surface area (Å²) in [6, 6.07) is 44.3. The Hall–Kier alpha value is -4.04. The van der Waals surface area contributed by atoms with E-state index in [4.69, 9.17) is 0 Å². The van der Waals surface area contributed by atoms with E-state index < -0.39 is 0 Å². The summed E-state index contributed by atoms with van der Waals surface area (Å²) in [5.74, 6) is 0. The van der Waals surface area contributed by atoms with Gasteiger partial charge in [-0.1, -0.05) is 115 Å². The van der Waals surface area contributed by atoms with Crippen LogP contribution in [0.25, 0.3) is 11.1 Å². The van der Waals surface area contributed by atoms with Gasteiger partial charge in [0.25, 0.3) is 0 Å². The second kappa shape index (κ2) is 7.48. The van der Waals surface area contributed by atoms with Gasteiger partial charge in [-0.3, -0.25) is 0 Å². The lowest BCUT2D eigenvalue weighted by atomic mass is 9.33. The van der Waals surface area contributed by atoms with Crippen LogP contribution in [0.15, 0.2) is 121 Å². The lowest BCUT2D eigenvalue weighted by molar-refractivity contribution is 0.646. The zero-order valence-electron chi connectivity index (χ0n) is 20.1. The summed E-state index contributed by atoms with van der Waals surface area (Å²) in [7, 11) is 0. The molecule has 0 amide bonds. The molecule has 2 aliphatic heterocycles. The molecule has 0 spiro atoms. The van der Waals surface area contributed by atoms with Crippen LogP contribution in [0.3, 0.4) is 0 Å². The first-order valence-corrected chi connectivity index (χ1v) is 12.4. The van der Waals surface area contributed by atoms with Crippen LogP contribution >= 0.6 is 0 Å². The number of benzene rings is 5. The second-order valence-electron chi connectivity index (χ2n) is 10.2. The summed E-state index contributed by atoms with van der Waals surface area (Å²) in [5, 5.41) is 0. The van der Waals surface area contributed by atoms with Crippen molar-refractivity contribution in [2.45, 2.75) is 19.3 Å². The van der Waals surface area contributed by atoms with Crippen LogP contribution in [0.1, 0.15) is 25.0 Å². The molecule has 7 rings (SSSR count). The Labute approximate surface area is 207 Å². The van der Waals surface area contributed by atoms with Gasteiger partial charge in [-0.15, -0.1) is 0 Å². The quantitative estimate of drug-likeness (QED) is 0.288. The maximum atomic E-state index is 2.44. The van der Waals surface area contributed by atoms with Gasteiger partial charge in [0, 0.05) is 22.5 Å². The van der Waals surface area contributed by atoms with E-state index in [1.807, 2.05) is 0 Å². The summed E-state index contributed by atoms with van der Waals surface area (Å²) in [4.78, 5) is 2.37. The third-order valence-electron chi connectivity index (χ3n) is 7.94. The van der Waals surface area contributed by atoms with Crippen molar-refractivity contribution in [3.05, 3.63) is 132 Å². The molecule has 0 unspecified atom stereocenters. The van der Waals surface area contributed by atoms with Gasteiger partial charge in [-0.2, -0.15) is 0 Å². The molecule has 0 fully saturated rings. The summed E-state index contributed by atoms with van der Waals surface area (Å²) in [6.07, 6.45) is 0. The van der Waals surface area contributed by atoms with Gasteiger partial charge in [0.1, 0.15) is 0 Å². The number of para-hydroxylation sites is 2. The molecule has 2 heterocycles. The number of fused-ring (bicyclic) bond motifs is 5. The highest BCUT2D eigenvalue weighted by molar-refractivity contribution is 7.00. The molecular formula is C33H26BN. The smallest absolute Gasteiger partial charge is 0.243 e. The molecule has 166 valence electrons. The number of hydrogen-bond acceptors (Lipinski definition) is 1. The van der Waals surface area contributed by atoms with E-state index in [1.54, 1.807) is 0 Å². The molecule has 1 nitrogen and oxygen atoms in total. The largest absolute Gasteiger partial charge is 0.310 e. The van der Waals surface area contributed by atoms with Crippen molar-refractivity contribution in [2.24, 2.45) is 0 Å². The second-order valence-corrected chi connectivity index (χ2v) is 10.2. The van der Waals surface area contributed by atoms with Gasteiger partial charge < -0.3 is 4.90 Å². The van der Waals surface area contributed by atoms with Crippen LogP contribution in [0.4, 0.5) is 17.1 Å². The van der Waals surface area contributed by atoms with E-state index in [1.165, 1.54) is 55.7 Å². The highest BCUT2D eigenvalue weighted by Crippen LogP contribution is 2.41. The third-order valence-corrected chi connectivity index (χ3v) is 7.94. The molecule has 2 aliphatic rings. The molecule has 5 aromatic carbocycles. The van der Waals surface area contributed by atoms with Crippen LogP contribution in [-0.2, 0) is 5.41 Å². The Morgan fingerprint density at radius 3 is 1.86 bits per heavy atom. The fourth-order valence-corrected chi connectivity index (χ4v) is 6.35. The molecule has 0 N–H and O–H groups in total. The van der Waals surface area contributed by atoms with Crippen molar-refractivity contribution in [1.82, 2.24) is 0 Å². The van der Waals surface area contributed by atoms with Gasteiger partial charge in [-0.05, 0) is 58.7 Å². The van der Waals surface area contributed by atoms with Gasteiger partial charge in [0.2, 0.25) is 6.71 Å². The summed E-state index contributed by atoms with van der Waals surface area (Å²) in [5.41, 5.74) is 13.5. The van der Waals surface area contributed by atoms with Crippen LogP contribution in [0.2, 0.25) is 0 Å². The van der Waals surface area contributed by atoms with Crippen molar-refractivity contribution >= 4 is 40.2 Å². The average molecular weight is 447 g/mol. The predicted octanol–water partition coefficient (Wildman–Crippen LogP) is 6.29.